The number of rotatable bonds is 3. The Hall–Kier alpha value is -1.73. The molecule has 0 aromatic heterocycles. The maximum atomic E-state index is 12.4. The second-order valence-corrected chi connectivity index (χ2v) is 5.31. The van der Waals surface area contributed by atoms with Gasteiger partial charge in [0, 0.05) is 31.5 Å². The monoisotopic (exact) mass is 313 g/mol. The summed E-state index contributed by atoms with van der Waals surface area (Å²) in [6.45, 7) is -0.712. The molecule has 1 aromatic rings. The minimum absolute atomic E-state index is 0.0169. The second kappa shape index (κ2) is 6.18. The fourth-order valence-corrected chi connectivity index (χ4v) is 2.82. The van der Waals surface area contributed by atoms with E-state index in [2.05, 4.69) is 4.74 Å². The number of halogens is 2. The van der Waals surface area contributed by atoms with Gasteiger partial charge in [-0.1, -0.05) is 6.07 Å². The minimum Gasteiger partial charge on any atom is -0.435 e. The topological polar surface area (TPSA) is 48.0 Å². The van der Waals surface area contributed by atoms with Crippen molar-refractivity contribution in [3.63, 3.8) is 0 Å². The molecule has 22 heavy (non-hydrogen) atoms. The third kappa shape index (κ3) is 3.20. The lowest BCUT2D eigenvalue weighted by molar-refractivity contribution is -0.181. The Bertz CT molecular complexity index is 536. The molecule has 1 spiro atoms. The number of hydrogen-bond donors (Lipinski definition) is 0. The van der Waals surface area contributed by atoms with E-state index in [1.54, 1.807) is 11.0 Å². The van der Waals surface area contributed by atoms with Crippen LogP contribution in [-0.4, -0.2) is 49.5 Å². The molecule has 3 rings (SSSR count). The van der Waals surface area contributed by atoms with Gasteiger partial charge in [0.05, 0.1) is 13.2 Å². The van der Waals surface area contributed by atoms with E-state index in [1.165, 1.54) is 18.2 Å². The predicted molar refractivity (Wildman–Crippen MR) is 72.8 cm³/mol. The maximum absolute atomic E-state index is 12.4. The molecule has 2 aliphatic rings. The van der Waals surface area contributed by atoms with Crippen LogP contribution in [-0.2, 0) is 9.47 Å². The number of hydrogen-bond acceptors (Lipinski definition) is 4. The third-order valence-corrected chi connectivity index (χ3v) is 3.93. The first-order valence-electron chi connectivity index (χ1n) is 7.20. The van der Waals surface area contributed by atoms with E-state index in [0.29, 0.717) is 44.7 Å². The van der Waals surface area contributed by atoms with Gasteiger partial charge >= 0.3 is 6.61 Å². The van der Waals surface area contributed by atoms with Crippen molar-refractivity contribution in [2.45, 2.75) is 25.2 Å². The number of alkyl halides is 2. The van der Waals surface area contributed by atoms with Crippen LogP contribution < -0.4 is 4.74 Å². The van der Waals surface area contributed by atoms with Crippen LogP contribution in [0.4, 0.5) is 8.78 Å². The number of likely N-dealkylation sites (tertiary alicyclic amines) is 1. The van der Waals surface area contributed by atoms with Gasteiger partial charge in [0.1, 0.15) is 5.75 Å². The number of benzene rings is 1. The van der Waals surface area contributed by atoms with E-state index in [4.69, 9.17) is 9.47 Å². The molecule has 2 saturated heterocycles. The first-order chi connectivity index (χ1) is 10.6. The van der Waals surface area contributed by atoms with Gasteiger partial charge in [-0.25, -0.2) is 0 Å². The van der Waals surface area contributed by atoms with Crippen molar-refractivity contribution in [2.75, 3.05) is 26.3 Å². The quantitative estimate of drug-likeness (QED) is 0.859. The second-order valence-electron chi connectivity index (χ2n) is 5.31. The first kappa shape index (κ1) is 15.2. The van der Waals surface area contributed by atoms with E-state index in [0.717, 1.165) is 0 Å². The van der Waals surface area contributed by atoms with Crippen LogP contribution in [0.2, 0.25) is 0 Å². The van der Waals surface area contributed by atoms with Crippen molar-refractivity contribution in [1.29, 1.82) is 0 Å². The Morgan fingerprint density at radius 2 is 1.91 bits per heavy atom. The minimum atomic E-state index is -2.91. The zero-order valence-corrected chi connectivity index (χ0v) is 12.0. The van der Waals surface area contributed by atoms with Gasteiger partial charge in [-0.2, -0.15) is 8.78 Å². The molecule has 0 saturated carbocycles. The number of piperidine rings is 1. The Kier molecular flexibility index (Phi) is 4.26. The summed E-state index contributed by atoms with van der Waals surface area (Å²) in [5.74, 6) is -0.762. The van der Waals surface area contributed by atoms with Crippen molar-refractivity contribution in [2.24, 2.45) is 0 Å². The average molecular weight is 313 g/mol. The van der Waals surface area contributed by atoms with Gasteiger partial charge in [-0.3, -0.25) is 4.79 Å². The lowest BCUT2D eigenvalue weighted by Crippen LogP contribution is -2.47. The Morgan fingerprint density at radius 3 is 2.55 bits per heavy atom. The lowest BCUT2D eigenvalue weighted by Gasteiger charge is -2.37. The van der Waals surface area contributed by atoms with Gasteiger partial charge in [0.15, 0.2) is 5.79 Å². The van der Waals surface area contributed by atoms with Crippen molar-refractivity contribution in [1.82, 2.24) is 4.90 Å². The molecule has 0 radical (unpaired) electrons. The maximum Gasteiger partial charge on any atom is 0.387 e. The number of ether oxygens (including phenoxy) is 3. The standard InChI is InChI=1S/C15H17F2NO4/c16-14(17)22-12-3-1-2-11(10-12)13(19)18-6-4-15(5-7-18)20-8-9-21-15/h1-3,10,14H,4-9H2. The molecule has 1 amide bonds. The summed E-state index contributed by atoms with van der Waals surface area (Å²) in [5.41, 5.74) is 0.336. The van der Waals surface area contributed by atoms with Gasteiger partial charge < -0.3 is 19.1 Å². The number of amides is 1. The summed E-state index contributed by atoms with van der Waals surface area (Å²) in [4.78, 5) is 14.1. The van der Waals surface area contributed by atoms with Gasteiger partial charge in [0.25, 0.3) is 5.91 Å². The molecule has 2 aliphatic heterocycles. The molecule has 0 N–H and O–H groups in total. The van der Waals surface area contributed by atoms with E-state index < -0.39 is 12.4 Å². The van der Waals surface area contributed by atoms with Crippen LogP contribution in [0, 0.1) is 0 Å². The van der Waals surface area contributed by atoms with Crippen molar-refractivity contribution in [3.05, 3.63) is 29.8 Å². The fraction of sp³-hybridized carbons (Fsp3) is 0.533. The highest BCUT2D eigenvalue weighted by molar-refractivity contribution is 5.94. The molecule has 0 aliphatic carbocycles. The van der Waals surface area contributed by atoms with E-state index in [-0.39, 0.29) is 11.7 Å². The van der Waals surface area contributed by atoms with Crippen molar-refractivity contribution >= 4 is 5.91 Å². The molecule has 0 bridgehead atoms. The molecule has 7 heteroatoms. The molecule has 1 aromatic carbocycles. The van der Waals surface area contributed by atoms with Crippen LogP contribution in [0.25, 0.3) is 0 Å². The number of carbonyl (C=O) groups excluding carboxylic acids is 1. The zero-order valence-electron chi connectivity index (χ0n) is 12.0. The van der Waals surface area contributed by atoms with Crippen LogP contribution >= 0.6 is 0 Å². The van der Waals surface area contributed by atoms with Gasteiger partial charge in [-0.05, 0) is 18.2 Å². The van der Waals surface area contributed by atoms with Crippen molar-refractivity contribution in [3.8, 4) is 5.75 Å². The first-order valence-corrected chi connectivity index (χ1v) is 7.20. The van der Waals surface area contributed by atoms with Gasteiger partial charge in [-0.15, -0.1) is 0 Å². The summed E-state index contributed by atoms with van der Waals surface area (Å²) in [6, 6.07) is 5.85. The molecular formula is C15H17F2NO4. The largest absolute Gasteiger partial charge is 0.435 e. The zero-order chi connectivity index (χ0) is 15.6. The number of nitrogens with zero attached hydrogens (tertiary/aromatic N) is 1. The summed E-state index contributed by atoms with van der Waals surface area (Å²) >= 11 is 0. The highest BCUT2D eigenvalue weighted by Gasteiger charge is 2.40. The summed E-state index contributed by atoms with van der Waals surface area (Å²) in [5, 5.41) is 0. The van der Waals surface area contributed by atoms with Crippen LogP contribution in [0.15, 0.2) is 24.3 Å². The number of carbonyl (C=O) groups is 1. The highest BCUT2D eigenvalue weighted by atomic mass is 19.3. The fourth-order valence-electron chi connectivity index (χ4n) is 2.82. The van der Waals surface area contributed by atoms with Crippen LogP contribution in [0.1, 0.15) is 23.2 Å². The summed E-state index contributed by atoms with van der Waals surface area (Å²) < 4.78 is 40.0. The molecule has 0 unspecified atom stereocenters. The summed E-state index contributed by atoms with van der Waals surface area (Å²) in [7, 11) is 0. The molecule has 120 valence electrons. The van der Waals surface area contributed by atoms with E-state index in [1.807, 2.05) is 0 Å². The van der Waals surface area contributed by atoms with Crippen LogP contribution in [0.3, 0.4) is 0 Å². The molecular weight excluding hydrogens is 296 g/mol. The molecule has 5 nitrogen and oxygen atoms in total. The van der Waals surface area contributed by atoms with Crippen LogP contribution in [0.5, 0.6) is 5.75 Å². The SMILES string of the molecule is O=C(c1cccc(OC(F)F)c1)N1CCC2(CC1)OCCO2. The third-order valence-electron chi connectivity index (χ3n) is 3.93. The smallest absolute Gasteiger partial charge is 0.387 e. The Balaban J connectivity index is 1.64. The van der Waals surface area contributed by atoms with Gasteiger partial charge in [0.2, 0.25) is 0 Å². The van der Waals surface area contributed by atoms with E-state index in [9.17, 15) is 13.6 Å². The molecule has 2 heterocycles. The average Bonchev–Trinajstić information content (AvgIpc) is 2.95. The summed E-state index contributed by atoms with van der Waals surface area (Å²) in [6.07, 6.45) is 1.23. The molecule has 2 fully saturated rings. The normalized spacial score (nSPS) is 20.6. The Morgan fingerprint density at radius 1 is 1.23 bits per heavy atom. The predicted octanol–water partition coefficient (Wildman–Crippen LogP) is 2.27. The van der Waals surface area contributed by atoms with E-state index >= 15 is 0 Å². The van der Waals surface area contributed by atoms with Crippen molar-refractivity contribution < 1.29 is 27.8 Å². The highest BCUT2D eigenvalue weighted by Crippen LogP contribution is 2.31. The molecule has 0 atom stereocenters. The Labute approximate surface area is 126 Å². The lowest BCUT2D eigenvalue weighted by atomic mass is 10.0.